The molecule has 1 amide bonds. The van der Waals surface area contributed by atoms with Crippen molar-refractivity contribution < 1.29 is 31.9 Å². The van der Waals surface area contributed by atoms with Crippen molar-refractivity contribution in [1.82, 2.24) is 10.3 Å². The average Bonchev–Trinajstić information content (AvgIpc) is 2.70. The quantitative estimate of drug-likeness (QED) is 0.650. The Labute approximate surface area is 177 Å². The van der Waals surface area contributed by atoms with Gasteiger partial charge in [-0.15, -0.1) is 0 Å². The van der Waals surface area contributed by atoms with Crippen LogP contribution in [0.25, 0.3) is 0 Å². The molecule has 4 nitrogen and oxygen atoms in total. The maximum Gasteiger partial charge on any atom is 0.417 e. The van der Waals surface area contributed by atoms with Crippen molar-refractivity contribution in [3.05, 3.63) is 29.6 Å². The lowest BCUT2D eigenvalue weighted by Crippen LogP contribution is -2.59. The second kappa shape index (κ2) is 7.12. The van der Waals surface area contributed by atoms with E-state index >= 15 is 0 Å². The summed E-state index contributed by atoms with van der Waals surface area (Å²) in [5.41, 5.74) is -2.24. The highest BCUT2D eigenvalue weighted by Crippen LogP contribution is 2.57. The fourth-order valence-corrected chi connectivity index (χ4v) is 5.47. The minimum absolute atomic E-state index is 0.0854. The van der Waals surface area contributed by atoms with E-state index in [0.29, 0.717) is 6.54 Å². The van der Waals surface area contributed by atoms with Gasteiger partial charge in [-0.05, 0) is 68.9 Å². The Morgan fingerprint density at radius 2 is 1.68 bits per heavy atom. The van der Waals surface area contributed by atoms with Crippen molar-refractivity contribution >= 4 is 5.91 Å². The standard InChI is InChI=1S/C22H27F5N2O2/c1-18(23,24)15-2-3-16(28-12-15)20-7-4-19(5-8-20,6-9-20)13-29-17(30)14-10-21(31,11-14)22(25,26)27/h2-3,12,14,31H,4-11,13H2,1H3,(H,29,30). The number of nitrogens with zero attached hydrogens (tertiary/aromatic N) is 1. The summed E-state index contributed by atoms with van der Waals surface area (Å²) in [6.07, 6.45) is 0.430. The number of alkyl halides is 5. The van der Waals surface area contributed by atoms with Crippen molar-refractivity contribution in [2.75, 3.05) is 6.54 Å². The van der Waals surface area contributed by atoms with Crippen LogP contribution >= 0.6 is 0 Å². The van der Waals surface area contributed by atoms with E-state index in [1.54, 1.807) is 6.07 Å². The van der Waals surface area contributed by atoms with Gasteiger partial charge in [0.1, 0.15) is 0 Å². The molecule has 172 valence electrons. The normalized spacial score (nSPS) is 35.5. The van der Waals surface area contributed by atoms with E-state index in [2.05, 4.69) is 10.3 Å². The number of fused-ring (bicyclic) bond motifs is 3. The maximum atomic E-state index is 13.5. The van der Waals surface area contributed by atoms with E-state index in [9.17, 15) is 31.9 Å². The van der Waals surface area contributed by atoms with Crippen LogP contribution in [0, 0.1) is 11.3 Å². The summed E-state index contributed by atoms with van der Waals surface area (Å²) < 4.78 is 65.2. The van der Waals surface area contributed by atoms with E-state index in [0.717, 1.165) is 51.1 Å². The van der Waals surface area contributed by atoms with Gasteiger partial charge in [0, 0.05) is 42.3 Å². The molecule has 0 saturated heterocycles. The van der Waals surface area contributed by atoms with Crippen LogP contribution in [0.3, 0.4) is 0 Å². The molecule has 9 heteroatoms. The number of carbonyl (C=O) groups is 1. The third-order valence-corrected chi connectivity index (χ3v) is 7.92. The molecule has 4 fully saturated rings. The Kier molecular flexibility index (Phi) is 5.15. The predicted octanol–water partition coefficient (Wildman–Crippen LogP) is 4.60. The van der Waals surface area contributed by atoms with Gasteiger partial charge in [-0.1, -0.05) is 0 Å². The first-order chi connectivity index (χ1) is 14.3. The largest absolute Gasteiger partial charge is 0.417 e. The highest BCUT2D eigenvalue weighted by Gasteiger charge is 2.62. The first-order valence-electron chi connectivity index (χ1n) is 10.7. The monoisotopic (exact) mass is 446 g/mol. The summed E-state index contributed by atoms with van der Waals surface area (Å²) in [7, 11) is 0. The smallest absolute Gasteiger partial charge is 0.380 e. The van der Waals surface area contributed by atoms with Crippen molar-refractivity contribution in [3.8, 4) is 0 Å². The summed E-state index contributed by atoms with van der Waals surface area (Å²) in [5.74, 6) is -4.16. The lowest BCUT2D eigenvalue weighted by atomic mass is 9.52. The number of halogens is 5. The van der Waals surface area contributed by atoms with E-state index in [1.165, 1.54) is 12.3 Å². The van der Waals surface area contributed by atoms with Gasteiger partial charge < -0.3 is 10.4 Å². The number of amides is 1. The molecular weight excluding hydrogens is 419 g/mol. The second-order valence-electron chi connectivity index (χ2n) is 9.95. The number of aromatic nitrogens is 1. The van der Waals surface area contributed by atoms with Crippen LogP contribution in [0.15, 0.2) is 18.3 Å². The number of carbonyl (C=O) groups excluding carboxylic acids is 1. The van der Waals surface area contributed by atoms with Crippen LogP contribution in [0.1, 0.15) is 69.5 Å². The van der Waals surface area contributed by atoms with E-state index in [4.69, 9.17) is 0 Å². The molecule has 1 aromatic heterocycles. The summed E-state index contributed by atoms with van der Waals surface area (Å²) in [6.45, 7) is 1.26. The third-order valence-electron chi connectivity index (χ3n) is 7.92. The highest BCUT2D eigenvalue weighted by molar-refractivity contribution is 5.80. The topological polar surface area (TPSA) is 62.2 Å². The number of aliphatic hydroxyl groups is 1. The molecule has 0 spiro atoms. The van der Waals surface area contributed by atoms with Gasteiger partial charge in [-0.2, -0.15) is 13.2 Å². The molecule has 31 heavy (non-hydrogen) atoms. The SMILES string of the molecule is CC(F)(F)c1ccc(C23CCC(CNC(=O)C4CC(O)(C(F)(F)F)C4)(CC2)CC3)nc1. The molecule has 0 unspecified atom stereocenters. The molecule has 0 radical (unpaired) electrons. The number of pyridine rings is 1. The van der Waals surface area contributed by atoms with E-state index in [-0.39, 0.29) is 16.4 Å². The van der Waals surface area contributed by atoms with Gasteiger partial charge in [0.05, 0.1) is 0 Å². The zero-order valence-electron chi connectivity index (χ0n) is 17.4. The van der Waals surface area contributed by atoms with Gasteiger partial charge >= 0.3 is 6.18 Å². The molecule has 0 atom stereocenters. The van der Waals surface area contributed by atoms with Gasteiger partial charge in [0.15, 0.2) is 5.60 Å². The summed E-state index contributed by atoms with van der Waals surface area (Å²) in [4.78, 5) is 16.6. The molecule has 2 N–H and O–H groups in total. The lowest BCUT2D eigenvalue weighted by molar-refractivity contribution is -0.296. The minimum atomic E-state index is -4.71. The minimum Gasteiger partial charge on any atom is -0.380 e. The molecule has 4 saturated carbocycles. The summed E-state index contributed by atoms with van der Waals surface area (Å²) in [6, 6.07) is 3.14. The summed E-state index contributed by atoms with van der Waals surface area (Å²) >= 11 is 0. The van der Waals surface area contributed by atoms with Crippen LogP contribution in [-0.4, -0.2) is 34.3 Å². The van der Waals surface area contributed by atoms with Crippen LogP contribution in [-0.2, 0) is 16.1 Å². The van der Waals surface area contributed by atoms with Gasteiger partial charge in [-0.25, -0.2) is 8.78 Å². The Morgan fingerprint density at radius 3 is 2.13 bits per heavy atom. The molecule has 0 aliphatic heterocycles. The number of hydrogen-bond acceptors (Lipinski definition) is 3. The van der Waals surface area contributed by atoms with Crippen LogP contribution in [0.2, 0.25) is 0 Å². The Morgan fingerprint density at radius 1 is 1.10 bits per heavy atom. The molecule has 5 rings (SSSR count). The first-order valence-corrected chi connectivity index (χ1v) is 10.7. The molecule has 2 bridgehead atoms. The maximum absolute atomic E-state index is 13.5. The molecule has 4 aliphatic rings. The number of rotatable bonds is 5. The zero-order valence-corrected chi connectivity index (χ0v) is 17.4. The fourth-order valence-electron chi connectivity index (χ4n) is 5.47. The van der Waals surface area contributed by atoms with Crippen molar-refractivity contribution in [1.29, 1.82) is 0 Å². The van der Waals surface area contributed by atoms with Crippen LogP contribution in [0.4, 0.5) is 22.0 Å². The van der Waals surface area contributed by atoms with Crippen molar-refractivity contribution in [2.45, 2.75) is 81.4 Å². The molecule has 1 heterocycles. The van der Waals surface area contributed by atoms with Gasteiger partial charge in [0.2, 0.25) is 5.91 Å². The highest BCUT2D eigenvalue weighted by atomic mass is 19.4. The van der Waals surface area contributed by atoms with Crippen LogP contribution in [0.5, 0.6) is 0 Å². The Bertz CT molecular complexity index is 816. The number of hydrogen-bond donors (Lipinski definition) is 2. The van der Waals surface area contributed by atoms with Gasteiger partial charge in [0.25, 0.3) is 5.92 Å². The number of nitrogens with one attached hydrogen (secondary N) is 1. The van der Waals surface area contributed by atoms with Crippen LogP contribution < -0.4 is 5.32 Å². The Balaban J connectivity index is 1.32. The Hall–Kier alpha value is -1.77. The lowest BCUT2D eigenvalue weighted by Gasteiger charge is -2.53. The van der Waals surface area contributed by atoms with Crippen molar-refractivity contribution in [2.24, 2.45) is 11.3 Å². The van der Waals surface area contributed by atoms with E-state index in [1.807, 2.05) is 0 Å². The second-order valence-corrected chi connectivity index (χ2v) is 9.95. The predicted molar refractivity (Wildman–Crippen MR) is 102 cm³/mol. The van der Waals surface area contributed by atoms with E-state index < -0.39 is 42.4 Å². The molecule has 1 aromatic rings. The zero-order chi connectivity index (χ0) is 22.7. The molecule has 0 aromatic carbocycles. The first kappa shape index (κ1) is 22.4. The molecule has 4 aliphatic carbocycles. The fraction of sp³-hybridized carbons (Fsp3) is 0.727. The van der Waals surface area contributed by atoms with Gasteiger partial charge in [-0.3, -0.25) is 9.78 Å². The van der Waals surface area contributed by atoms with Crippen molar-refractivity contribution in [3.63, 3.8) is 0 Å². The molecular formula is C22H27F5N2O2. The summed E-state index contributed by atoms with van der Waals surface area (Å²) in [5, 5.41) is 12.4. The average molecular weight is 446 g/mol. The third kappa shape index (κ3) is 3.94.